The molecule has 2 aliphatic rings. The SMILES string of the molecule is O=C(CCN1CCN(c2ccc(C(F)(F)F)cc2)CC1)N1CCCCC(c2ccc(SC(F)(F)F)cc2)CCCC1. The second kappa shape index (κ2) is 14.2. The van der Waals surface area contributed by atoms with Gasteiger partial charge in [0.25, 0.3) is 0 Å². The molecule has 0 N–H and O–H groups in total. The van der Waals surface area contributed by atoms with Crippen LogP contribution >= 0.6 is 11.8 Å². The summed E-state index contributed by atoms with van der Waals surface area (Å²) in [6.45, 7) is 5.02. The number of anilines is 1. The van der Waals surface area contributed by atoms with Gasteiger partial charge in [-0.2, -0.15) is 26.3 Å². The number of thioether (sulfide) groups is 1. The number of alkyl halides is 6. The van der Waals surface area contributed by atoms with Crippen LogP contribution in [0.1, 0.15) is 62.0 Å². The van der Waals surface area contributed by atoms with Crippen molar-refractivity contribution in [1.29, 1.82) is 0 Å². The standard InChI is InChI=1S/C30H37F6N3OS/c31-29(32,33)25-9-11-26(12-10-25)38-21-19-37(20-22-38)18-15-28(40)39-16-3-1-5-23(6-2-4-17-39)24-7-13-27(14-8-24)41-30(34,35)36/h7-14,23H,1-6,15-22H2. The molecule has 2 aliphatic heterocycles. The van der Waals surface area contributed by atoms with Crippen molar-refractivity contribution in [2.75, 3.05) is 50.7 Å². The molecule has 0 aromatic heterocycles. The molecule has 0 aliphatic carbocycles. The number of rotatable bonds is 6. The van der Waals surface area contributed by atoms with E-state index in [9.17, 15) is 31.1 Å². The van der Waals surface area contributed by atoms with Crippen molar-refractivity contribution in [3.8, 4) is 0 Å². The molecule has 0 unspecified atom stereocenters. The first-order valence-corrected chi connectivity index (χ1v) is 15.1. The molecule has 0 spiro atoms. The van der Waals surface area contributed by atoms with E-state index in [4.69, 9.17) is 0 Å². The first kappa shape index (κ1) is 31.5. The van der Waals surface area contributed by atoms with Gasteiger partial charge in [-0.1, -0.05) is 25.0 Å². The van der Waals surface area contributed by atoms with Gasteiger partial charge in [-0.15, -0.1) is 0 Å². The van der Waals surface area contributed by atoms with E-state index < -0.39 is 17.2 Å². The Morgan fingerprint density at radius 3 is 1.88 bits per heavy atom. The zero-order valence-electron chi connectivity index (χ0n) is 23.0. The number of amides is 1. The van der Waals surface area contributed by atoms with Crippen LogP contribution in [-0.4, -0.2) is 67.0 Å². The lowest BCUT2D eigenvalue weighted by molar-refractivity contribution is -0.137. The highest BCUT2D eigenvalue weighted by molar-refractivity contribution is 8.00. The minimum atomic E-state index is -4.34. The highest BCUT2D eigenvalue weighted by Gasteiger charge is 2.31. The molecule has 2 fully saturated rings. The third-order valence-electron chi connectivity index (χ3n) is 7.97. The van der Waals surface area contributed by atoms with Crippen LogP contribution in [0.4, 0.5) is 32.0 Å². The van der Waals surface area contributed by atoms with E-state index in [1.165, 1.54) is 12.1 Å². The highest BCUT2D eigenvalue weighted by atomic mass is 32.2. The van der Waals surface area contributed by atoms with Gasteiger partial charge in [-0.25, -0.2) is 0 Å². The molecule has 0 bridgehead atoms. The van der Waals surface area contributed by atoms with E-state index in [0.717, 1.165) is 75.0 Å². The van der Waals surface area contributed by atoms with E-state index in [1.54, 1.807) is 12.1 Å². The van der Waals surface area contributed by atoms with Crippen molar-refractivity contribution in [1.82, 2.24) is 9.80 Å². The number of carbonyl (C=O) groups excluding carboxylic acids is 1. The maximum absolute atomic E-state index is 13.0. The summed E-state index contributed by atoms with van der Waals surface area (Å²) in [5, 5.41) is 0. The van der Waals surface area contributed by atoms with E-state index in [0.29, 0.717) is 45.1 Å². The van der Waals surface area contributed by atoms with E-state index in [1.807, 2.05) is 17.0 Å². The summed E-state index contributed by atoms with van der Waals surface area (Å²) >= 11 is -0.0884. The van der Waals surface area contributed by atoms with Crippen LogP contribution in [0, 0.1) is 0 Å². The predicted molar refractivity (Wildman–Crippen MR) is 150 cm³/mol. The lowest BCUT2D eigenvalue weighted by atomic mass is 9.88. The van der Waals surface area contributed by atoms with Crippen molar-refractivity contribution in [3.63, 3.8) is 0 Å². The summed E-state index contributed by atoms with van der Waals surface area (Å²) in [7, 11) is 0. The summed E-state index contributed by atoms with van der Waals surface area (Å²) in [4.78, 5) is 19.5. The molecule has 0 radical (unpaired) electrons. The van der Waals surface area contributed by atoms with Gasteiger partial charge in [0.2, 0.25) is 5.91 Å². The van der Waals surface area contributed by atoms with Gasteiger partial charge in [0.15, 0.2) is 0 Å². The van der Waals surface area contributed by atoms with Gasteiger partial charge in [0.1, 0.15) is 0 Å². The van der Waals surface area contributed by atoms with Crippen molar-refractivity contribution in [3.05, 3.63) is 59.7 Å². The Kier molecular flexibility index (Phi) is 10.9. The molecule has 1 amide bonds. The van der Waals surface area contributed by atoms with Crippen LogP contribution in [-0.2, 0) is 11.0 Å². The molecular formula is C30H37F6N3OS. The molecule has 2 aromatic rings. The molecule has 2 heterocycles. The molecular weight excluding hydrogens is 564 g/mol. The van der Waals surface area contributed by atoms with Gasteiger partial charge in [-0.3, -0.25) is 9.69 Å². The molecule has 2 saturated heterocycles. The molecule has 226 valence electrons. The lowest BCUT2D eigenvalue weighted by Gasteiger charge is -2.36. The minimum absolute atomic E-state index is 0.0884. The quantitative estimate of drug-likeness (QED) is 0.250. The molecule has 0 atom stereocenters. The fourth-order valence-electron chi connectivity index (χ4n) is 5.67. The second-order valence-corrected chi connectivity index (χ2v) is 11.9. The predicted octanol–water partition coefficient (Wildman–Crippen LogP) is 7.80. The van der Waals surface area contributed by atoms with Crippen molar-refractivity contribution >= 4 is 23.4 Å². The third kappa shape index (κ3) is 9.84. The molecule has 2 aromatic carbocycles. The van der Waals surface area contributed by atoms with Crippen LogP contribution in [0.15, 0.2) is 53.4 Å². The minimum Gasteiger partial charge on any atom is -0.369 e. The maximum Gasteiger partial charge on any atom is 0.446 e. The topological polar surface area (TPSA) is 26.8 Å². The Balaban J connectivity index is 1.18. The van der Waals surface area contributed by atoms with Crippen LogP contribution < -0.4 is 4.90 Å². The van der Waals surface area contributed by atoms with Gasteiger partial charge < -0.3 is 9.80 Å². The average molecular weight is 602 g/mol. The highest BCUT2D eigenvalue weighted by Crippen LogP contribution is 2.38. The molecule has 41 heavy (non-hydrogen) atoms. The van der Waals surface area contributed by atoms with Gasteiger partial charge >= 0.3 is 11.7 Å². The Hall–Kier alpha value is -2.40. The normalized spacial score (nSPS) is 18.9. The zero-order valence-corrected chi connectivity index (χ0v) is 23.8. The number of piperazine rings is 1. The van der Waals surface area contributed by atoms with Crippen molar-refractivity contribution in [2.45, 2.75) is 67.4 Å². The number of hydrogen-bond acceptors (Lipinski definition) is 4. The first-order valence-electron chi connectivity index (χ1n) is 14.3. The van der Waals surface area contributed by atoms with Crippen molar-refractivity contribution in [2.24, 2.45) is 0 Å². The number of hydrogen-bond donors (Lipinski definition) is 0. The maximum atomic E-state index is 13.0. The number of benzene rings is 2. The lowest BCUT2D eigenvalue weighted by Crippen LogP contribution is -2.47. The van der Waals surface area contributed by atoms with Crippen LogP contribution in [0.25, 0.3) is 0 Å². The third-order valence-corrected chi connectivity index (χ3v) is 8.71. The monoisotopic (exact) mass is 601 g/mol. The Morgan fingerprint density at radius 2 is 1.34 bits per heavy atom. The van der Waals surface area contributed by atoms with Crippen LogP contribution in [0.5, 0.6) is 0 Å². The van der Waals surface area contributed by atoms with Gasteiger partial charge in [0.05, 0.1) is 5.56 Å². The van der Waals surface area contributed by atoms with E-state index >= 15 is 0 Å². The first-order chi connectivity index (χ1) is 19.5. The van der Waals surface area contributed by atoms with Crippen LogP contribution in [0.3, 0.4) is 0 Å². The summed E-state index contributed by atoms with van der Waals surface area (Å²) < 4.78 is 76.4. The molecule has 11 heteroatoms. The fraction of sp³-hybridized carbons (Fsp3) is 0.567. The summed E-state index contributed by atoms with van der Waals surface area (Å²) in [5.41, 5.74) is -3.07. The smallest absolute Gasteiger partial charge is 0.369 e. The van der Waals surface area contributed by atoms with Crippen LogP contribution in [0.2, 0.25) is 0 Å². The average Bonchev–Trinajstić information content (AvgIpc) is 2.94. The zero-order chi connectivity index (χ0) is 29.5. The Labute approximate surface area is 242 Å². The van der Waals surface area contributed by atoms with E-state index in [2.05, 4.69) is 9.80 Å². The molecule has 0 saturated carbocycles. The largest absolute Gasteiger partial charge is 0.446 e. The molecule has 4 nitrogen and oxygen atoms in total. The fourth-order valence-corrected chi connectivity index (χ4v) is 6.21. The Bertz CT molecular complexity index is 1090. The number of carbonyl (C=O) groups is 1. The Morgan fingerprint density at radius 1 is 0.756 bits per heavy atom. The van der Waals surface area contributed by atoms with E-state index in [-0.39, 0.29) is 22.6 Å². The summed E-state index contributed by atoms with van der Waals surface area (Å²) in [5.74, 6) is 0.480. The molecule has 4 rings (SSSR count). The number of nitrogens with zero attached hydrogens (tertiary/aromatic N) is 3. The second-order valence-electron chi connectivity index (χ2n) is 10.8. The van der Waals surface area contributed by atoms with Gasteiger partial charge in [-0.05, 0) is 85.3 Å². The van der Waals surface area contributed by atoms with Crippen molar-refractivity contribution < 1.29 is 31.1 Å². The number of halogens is 6. The van der Waals surface area contributed by atoms with Gasteiger partial charge in [0, 0.05) is 62.8 Å². The summed E-state index contributed by atoms with van der Waals surface area (Å²) in [6.07, 6.45) is 1.73. The summed E-state index contributed by atoms with van der Waals surface area (Å²) in [6, 6.07) is 12.0.